The highest BCUT2D eigenvalue weighted by Crippen LogP contribution is 2.36. The fourth-order valence-electron chi connectivity index (χ4n) is 4.39. The van der Waals surface area contributed by atoms with Crippen molar-refractivity contribution in [2.75, 3.05) is 60.1 Å². The highest BCUT2D eigenvalue weighted by atomic mass is 35.5. The Kier molecular flexibility index (Phi) is 7.34. The Morgan fingerprint density at radius 2 is 2.21 bits per heavy atom. The van der Waals surface area contributed by atoms with Gasteiger partial charge >= 0.3 is 0 Å². The summed E-state index contributed by atoms with van der Waals surface area (Å²) >= 11 is 8.14. The summed E-state index contributed by atoms with van der Waals surface area (Å²) in [4.78, 5) is 17.4. The number of hydrogen-bond acceptors (Lipinski definition) is 8. The molecule has 2 unspecified atom stereocenters. The van der Waals surface area contributed by atoms with Crippen LogP contribution in [-0.4, -0.2) is 96.4 Å². The van der Waals surface area contributed by atoms with Gasteiger partial charge in [-0.05, 0) is 39.0 Å². The summed E-state index contributed by atoms with van der Waals surface area (Å²) in [6.07, 6.45) is 6.03. The van der Waals surface area contributed by atoms with Gasteiger partial charge in [-0.1, -0.05) is 11.6 Å². The number of methoxy groups -OCH3 is 1. The molecule has 160 valence electrons. The molecule has 0 spiro atoms. The molecular weight excluding hydrogens is 410 g/mol. The van der Waals surface area contributed by atoms with Crippen molar-refractivity contribution in [2.24, 2.45) is 0 Å². The lowest BCUT2D eigenvalue weighted by molar-refractivity contribution is -0.0584. The molecule has 29 heavy (non-hydrogen) atoms. The number of thiophene rings is 1. The Labute approximate surface area is 181 Å². The van der Waals surface area contributed by atoms with Crippen molar-refractivity contribution in [3.63, 3.8) is 0 Å². The predicted octanol–water partition coefficient (Wildman–Crippen LogP) is 2.63. The van der Waals surface area contributed by atoms with Gasteiger partial charge in [-0.15, -0.1) is 11.3 Å². The molecule has 2 fully saturated rings. The molecule has 4 heterocycles. The standard InChI is InChI=1S/C20H30ClN5O2S/c1-24(15-3-5-25(6-4-15)7-9-27-2)20(26-8-10-28-19(21)13-26)17-11-16-18(29-17)12-22-14-23-16/h11-12,14-15,19-20H,3-10,13H2,1-2H3. The van der Waals surface area contributed by atoms with Crippen LogP contribution in [0.3, 0.4) is 0 Å². The van der Waals surface area contributed by atoms with Gasteiger partial charge in [-0.2, -0.15) is 0 Å². The molecule has 4 rings (SSSR count). The number of halogens is 1. The summed E-state index contributed by atoms with van der Waals surface area (Å²) in [5.41, 5.74) is 0.758. The molecule has 2 atom stereocenters. The van der Waals surface area contributed by atoms with Crippen molar-refractivity contribution in [1.29, 1.82) is 0 Å². The van der Waals surface area contributed by atoms with Crippen LogP contribution in [0.5, 0.6) is 0 Å². The zero-order valence-corrected chi connectivity index (χ0v) is 18.7. The lowest BCUT2D eigenvalue weighted by atomic mass is 10.0. The van der Waals surface area contributed by atoms with Crippen molar-refractivity contribution in [3.8, 4) is 0 Å². The number of nitrogens with zero attached hydrogens (tertiary/aromatic N) is 5. The minimum Gasteiger partial charge on any atom is -0.383 e. The lowest BCUT2D eigenvalue weighted by Gasteiger charge is -2.45. The van der Waals surface area contributed by atoms with Gasteiger partial charge in [0.1, 0.15) is 11.9 Å². The van der Waals surface area contributed by atoms with Gasteiger partial charge in [-0.25, -0.2) is 9.97 Å². The van der Waals surface area contributed by atoms with E-state index in [1.165, 1.54) is 4.88 Å². The third-order valence-corrected chi connectivity index (χ3v) is 7.36. The first-order valence-corrected chi connectivity index (χ1v) is 11.5. The van der Waals surface area contributed by atoms with Crippen LogP contribution in [0.25, 0.3) is 10.2 Å². The molecule has 0 radical (unpaired) electrons. The smallest absolute Gasteiger partial charge is 0.143 e. The van der Waals surface area contributed by atoms with Crippen LogP contribution >= 0.6 is 22.9 Å². The molecule has 0 saturated carbocycles. The SMILES string of the molecule is COCCN1CCC(N(C)C(c2cc3ncncc3s2)N2CCOC(Cl)C2)CC1. The van der Waals surface area contributed by atoms with Gasteiger partial charge in [0, 0.05) is 43.9 Å². The Bertz CT molecular complexity index is 752. The van der Waals surface area contributed by atoms with Crippen LogP contribution in [0.4, 0.5) is 0 Å². The second-order valence-corrected chi connectivity index (χ2v) is 9.40. The molecule has 0 aromatic carbocycles. The number of rotatable bonds is 7. The monoisotopic (exact) mass is 439 g/mol. The Morgan fingerprint density at radius 1 is 1.38 bits per heavy atom. The van der Waals surface area contributed by atoms with E-state index >= 15 is 0 Å². The van der Waals surface area contributed by atoms with E-state index in [4.69, 9.17) is 21.1 Å². The summed E-state index contributed by atoms with van der Waals surface area (Å²) < 4.78 is 12.0. The van der Waals surface area contributed by atoms with Crippen molar-refractivity contribution in [2.45, 2.75) is 30.6 Å². The van der Waals surface area contributed by atoms with E-state index in [-0.39, 0.29) is 11.7 Å². The fraction of sp³-hybridized carbons (Fsp3) is 0.700. The maximum absolute atomic E-state index is 6.36. The first-order valence-electron chi connectivity index (χ1n) is 10.3. The molecule has 2 aromatic rings. The van der Waals surface area contributed by atoms with Crippen LogP contribution in [0.2, 0.25) is 0 Å². The molecule has 0 amide bonds. The third-order valence-electron chi connectivity index (χ3n) is 6.00. The number of alkyl halides is 1. The van der Waals surface area contributed by atoms with Crippen LogP contribution < -0.4 is 0 Å². The fourth-order valence-corrected chi connectivity index (χ4v) is 5.83. The summed E-state index contributed by atoms with van der Waals surface area (Å²) in [5, 5.41) is 0. The second kappa shape index (κ2) is 9.96. The molecule has 9 heteroatoms. The third kappa shape index (κ3) is 5.07. The van der Waals surface area contributed by atoms with E-state index in [1.54, 1.807) is 24.8 Å². The molecule has 2 aliphatic rings. The van der Waals surface area contributed by atoms with E-state index in [2.05, 4.69) is 37.8 Å². The van der Waals surface area contributed by atoms with Gasteiger partial charge in [-0.3, -0.25) is 9.80 Å². The zero-order valence-electron chi connectivity index (χ0n) is 17.2. The highest BCUT2D eigenvalue weighted by molar-refractivity contribution is 7.19. The van der Waals surface area contributed by atoms with E-state index in [1.807, 2.05) is 6.20 Å². The Hall–Kier alpha value is -0.870. The second-order valence-electron chi connectivity index (χ2n) is 7.80. The first kappa shape index (κ1) is 21.4. The van der Waals surface area contributed by atoms with Crippen LogP contribution in [-0.2, 0) is 9.47 Å². The van der Waals surface area contributed by atoms with Gasteiger partial charge in [0.15, 0.2) is 0 Å². The molecule has 0 N–H and O–H groups in total. The van der Waals surface area contributed by atoms with Crippen LogP contribution in [0.15, 0.2) is 18.6 Å². The summed E-state index contributed by atoms with van der Waals surface area (Å²) in [6.45, 7) is 6.32. The van der Waals surface area contributed by atoms with Crippen LogP contribution in [0, 0.1) is 0 Å². The predicted molar refractivity (Wildman–Crippen MR) is 116 cm³/mol. The average molecular weight is 440 g/mol. The topological polar surface area (TPSA) is 54.0 Å². The number of ether oxygens (including phenoxy) is 2. The number of hydrogen-bond donors (Lipinski definition) is 0. The van der Waals surface area contributed by atoms with Gasteiger partial charge < -0.3 is 14.4 Å². The van der Waals surface area contributed by atoms with E-state index in [0.717, 1.165) is 62.4 Å². The van der Waals surface area contributed by atoms with E-state index in [0.29, 0.717) is 12.6 Å². The minimum absolute atomic E-state index is 0.176. The number of likely N-dealkylation sites (tertiary alicyclic amines) is 1. The molecular formula is C20H30ClN5O2S. The summed E-state index contributed by atoms with van der Waals surface area (Å²) in [7, 11) is 4.03. The van der Waals surface area contributed by atoms with Crippen molar-refractivity contribution < 1.29 is 9.47 Å². The normalized spacial score (nSPS) is 23.8. The lowest BCUT2D eigenvalue weighted by Crippen LogP contribution is -2.52. The molecule has 7 nitrogen and oxygen atoms in total. The van der Waals surface area contributed by atoms with Crippen molar-refractivity contribution >= 4 is 33.2 Å². The molecule has 2 aromatic heterocycles. The Morgan fingerprint density at radius 3 is 2.93 bits per heavy atom. The Balaban J connectivity index is 1.53. The van der Waals surface area contributed by atoms with Crippen molar-refractivity contribution in [3.05, 3.63) is 23.5 Å². The van der Waals surface area contributed by atoms with Crippen molar-refractivity contribution in [1.82, 2.24) is 24.7 Å². The summed E-state index contributed by atoms with van der Waals surface area (Å²) in [5.74, 6) is 0. The molecule has 0 aliphatic carbocycles. The maximum atomic E-state index is 6.36. The van der Waals surface area contributed by atoms with Gasteiger partial charge in [0.25, 0.3) is 0 Å². The van der Waals surface area contributed by atoms with Crippen LogP contribution in [0.1, 0.15) is 23.9 Å². The average Bonchev–Trinajstić information content (AvgIpc) is 3.16. The quantitative estimate of drug-likeness (QED) is 0.614. The van der Waals surface area contributed by atoms with Gasteiger partial charge in [0.2, 0.25) is 0 Å². The number of fused-ring (bicyclic) bond motifs is 1. The largest absolute Gasteiger partial charge is 0.383 e. The zero-order chi connectivity index (χ0) is 20.2. The molecule has 2 saturated heterocycles. The number of piperidine rings is 1. The minimum atomic E-state index is -0.260. The molecule has 0 bridgehead atoms. The van der Waals surface area contributed by atoms with Gasteiger partial charge in [0.05, 0.1) is 29.6 Å². The number of morpholine rings is 1. The first-order chi connectivity index (χ1) is 14.2. The maximum Gasteiger partial charge on any atom is 0.143 e. The van der Waals surface area contributed by atoms with E-state index < -0.39 is 0 Å². The highest BCUT2D eigenvalue weighted by Gasteiger charge is 2.35. The summed E-state index contributed by atoms with van der Waals surface area (Å²) in [6, 6.07) is 2.75. The number of aromatic nitrogens is 2. The molecule has 2 aliphatic heterocycles. The van der Waals surface area contributed by atoms with E-state index in [9.17, 15) is 0 Å².